The van der Waals surface area contributed by atoms with E-state index < -0.39 is 17.0 Å². The quantitative estimate of drug-likeness (QED) is 0.608. The molecule has 1 aliphatic heterocycles. The number of nitrogens with one attached hydrogen (secondary N) is 1. The van der Waals surface area contributed by atoms with E-state index in [-0.39, 0.29) is 23.3 Å². The third-order valence-corrected chi connectivity index (χ3v) is 4.26. The molecule has 1 aliphatic rings. The average Bonchev–Trinajstić information content (AvgIpc) is 3.10. The number of hydrazine groups is 1. The van der Waals surface area contributed by atoms with Crippen LogP contribution >= 0.6 is 0 Å². The minimum absolute atomic E-state index is 0.00866. The number of carbonyl (C=O) groups excluding carboxylic acids is 2. The molecule has 0 aromatic carbocycles. The predicted octanol–water partition coefficient (Wildman–Crippen LogP) is 1.34. The average molecular weight is 350 g/mol. The van der Waals surface area contributed by atoms with Crippen LogP contribution < -0.4 is 11.1 Å². The molecule has 1 saturated heterocycles. The summed E-state index contributed by atoms with van der Waals surface area (Å²) in [4.78, 5) is 38.8. The number of pyridine rings is 1. The SMILES string of the molecule is CCC(C)[C@H](N)C(=O)N1CCCN1C(=O)Nc1ccc([N+](=O)[O-])cn1. The van der Waals surface area contributed by atoms with Gasteiger partial charge in [0.1, 0.15) is 12.0 Å². The fourth-order valence-corrected chi connectivity index (χ4v) is 2.46. The first kappa shape index (κ1) is 18.6. The summed E-state index contributed by atoms with van der Waals surface area (Å²) < 4.78 is 0. The van der Waals surface area contributed by atoms with Gasteiger partial charge in [0.2, 0.25) is 0 Å². The molecule has 0 saturated carbocycles. The van der Waals surface area contributed by atoms with Crippen LogP contribution in [0.3, 0.4) is 0 Å². The van der Waals surface area contributed by atoms with Crippen molar-refractivity contribution in [3.8, 4) is 0 Å². The van der Waals surface area contributed by atoms with Crippen molar-refractivity contribution in [1.29, 1.82) is 0 Å². The third-order valence-electron chi connectivity index (χ3n) is 4.26. The van der Waals surface area contributed by atoms with Crippen molar-refractivity contribution < 1.29 is 14.5 Å². The summed E-state index contributed by atoms with van der Waals surface area (Å²) in [5, 5.41) is 15.8. The maximum absolute atomic E-state index is 12.5. The molecule has 1 aromatic heterocycles. The van der Waals surface area contributed by atoms with Gasteiger partial charge in [-0.25, -0.2) is 19.8 Å². The summed E-state index contributed by atoms with van der Waals surface area (Å²) in [6.07, 6.45) is 2.47. The van der Waals surface area contributed by atoms with Crippen LogP contribution in [0.1, 0.15) is 26.7 Å². The number of rotatable bonds is 5. The largest absolute Gasteiger partial charge is 0.341 e. The molecule has 0 spiro atoms. The van der Waals surface area contributed by atoms with Gasteiger partial charge in [0.05, 0.1) is 11.0 Å². The van der Waals surface area contributed by atoms with Crippen LogP contribution in [-0.4, -0.2) is 51.0 Å². The van der Waals surface area contributed by atoms with E-state index >= 15 is 0 Å². The highest BCUT2D eigenvalue weighted by atomic mass is 16.6. The Morgan fingerprint density at radius 3 is 2.64 bits per heavy atom. The molecule has 1 fully saturated rings. The van der Waals surface area contributed by atoms with Crippen LogP contribution in [0, 0.1) is 16.0 Å². The number of amides is 3. The molecule has 2 rings (SSSR count). The van der Waals surface area contributed by atoms with Gasteiger partial charge in [0.25, 0.3) is 11.6 Å². The second-order valence-electron chi connectivity index (χ2n) is 5.94. The van der Waals surface area contributed by atoms with Gasteiger partial charge >= 0.3 is 6.03 Å². The summed E-state index contributed by atoms with van der Waals surface area (Å²) in [5.41, 5.74) is 5.81. The number of hydrogen-bond donors (Lipinski definition) is 2. The Morgan fingerprint density at radius 1 is 1.40 bits per heavy atom. The first-order valence-corrected chi connectivity index (χ1v) is 8.11. The highest BCUT2D eigenvalue weighted by Gasteiger charge is 2.34. The van der Waals surface area contributed by atoms with Crippen LogP contribution in [0.25, 0.3) is 0 Å². The van der Waals surface area contributed by atoms with Gasteiger partial charge in [-0.15, -0.1) is 0 Å². The van der Waals surface area contributed by atoms with Crippen molar-refractivity contribution in [2.75, 3.05) is 18.4 Å². The molecule has 25 heavy (non-hydrogen) atoms. The van der Waals surface area contributed by atoms with Gasteiger partial charge in [-0.1, -0.05) is 20.3 Å². The molecule has 0 bridgehead atoms. The lowest BCUT2D eigenvalue weighted by Gasteiger charge is -2.31. The lowest BCUT2D eigenvalue weighted by Crippen LogP contribution is -2.53. The summed E-state index contributed by atoms with van der Waals surface area (Å²) in [5.74, 6) is -0.117. The van der Waals surface area contributed by atoms with Crippen molar-refractivity contribution >= 4 is 23.4 Å². The van der Waals surface area contributed by atoms with Gasteiger partial charge in [-0.3, -0.25) is 20.2 Å². The molecule has 10 heteroatoms. The van der Waals surface area contributed by atoms with Crippen LogP contribution in [0.5, 0.6) is 0 Å². The van der Waals surface area contributed by atoms with Crippen molar-refractivity contribution in [3.05, 3.63) is 28.4 Å². The molecular weight excluding hydrogens is 328 g/mol. The van der Waals surface area contributed by atoms with E-state index in [4.69, 9.17) is 5.73 Å². The zero-order valence-electron chi connectivity index (χ0n) is 14.2. The van der Waals surface area contributed by atoms with Gasteiger partial charge < -0.3 is 5.73 Å². The number of aromatic nitrogens is 1. The van der Waals surface area contributed by atoms with Gasteiger partial charge in [-0.2, -0.15) is 0 Å². The standard InChI is InChI=1S/C15H22N6O4/c1-3-10(2)13(16)14(22)19-7-4-8-20(19)15(23)18-12-6-5-11(9-17-12)21(24)25/h5-6,9-10,13H,3-4,7-8,16H2,1-2H3,(H,17,18,23)/t10?,13-/m0/s1. The van der Waals surface area contributed by atoms with Gasteiger partial charge in [0.15, 0.2) is 0 Å². The fourth-order valence-electron chi connectivity index (χ4n) is 2.46. The van der Waals surface area contributed by atoms with Crippen LogP contribution in [0.15, 0.2) is 18.3 Å². The van der Waals surface area contributed by atoms with Crippen molar-refractivity contribution in [2.45, 2.75) is 32.7 Å². The molecule has 0 aliphatic carbocycles. The first-order valence-electron chi connectivity index (χ1n) is 8.11. The van der Waals surface area contributed by atoms with E-state index in [0.717, 1.165) is 12.6 Å². The van der Waals surface area contributed by atoms with E-state index in [1.165, 1.54) is 22.2 Å². The number of anilines is 1. The van der Waals surface area contributed by atoms with E-state index in [1.54, 1.807) is 0 Å². The Bertz CT molecular complexity index is 650. The van der Waals surface area contributed by atoms with Crippen molar-refractivity contribution in [2.24, 2.45) is 11.7 Å². The second-order valence-corrected chi connectivity index (χ2v) is 5.94. The smallest absolute Gasteiger partial charge is 0.320 e. The molecule has 2 atom stereocenters. The topological polar surface area (TPSA) is 135 Å². The van der Waals surface area contributed by atoms with Gasteiger partial charge in [-0.05, 0) is 18.4 Å². The number of nitrogens with two attached hydrogens (primary N) is 1. The van der Waals surface area contributed by atoms with Crippen molar-refractivity contribution in [3.63, 3.8) is 0 Å². The molecule has 3 N–H and O–H groups in total. The molecule has 0 radical (unpaired) electrons. The molecule has 1 unspecified atom stereocenters. The lowest BCUT2D eigenvalue weighted by atomic mass is 9.99. The van der Waals surface area contributed by atoms with Crippen LogP contribution in [0.4, 0.5) is 16.3 Å². The fraction of sp³-hybridized carbons (Fsp3) is 0.533. The van der Waals surface area contributed by atoms with E-state index in [1.807, 2.05) is 13.8 Å². The predicted molar refractivity (Wildman–Crippen MR) is 90.4 cm³/mol. The Hall–Kier alpha value is -2.75. The highest BCUT2D eigenvalue weighted by Crippen LogP contribution is 2.18. The van der Waals surface area contributed by atoms with Crippen molar-refractivity contribution in [1.82, 2.24) is 15.0 Å². The Morgan fingerprint density at radius 2 is 2.08 bits per heavy atom. The van der Waals surface area contributed by atoms with Gasteiger partial charge in [0, 0.05) is 19.2 Å². The molecule has 1 aromatic rings. The molecule has 2 heterocycles. The number of urea groups is 1. The first-order chi connectivity index (χ1) is 11.8. The second kappa shape index (κ2) is 7.88. The Balaban J connectivity index is 2.04. The zero-order valence-corrected chi connectivity index (χ0v) is 14.2. The van der Waals surface area contributed by atoms with Crippen LogP contribution in [0.2, 0.25) is 0 Å². The molecule has 3 amide bonds. The minimum atomic E-state index is -0.670. The Labute approximate surface area is 145 Å². The highest BCUT2D eigenvalue weighted by molar-refractivity contribution is 5.91. The maximum atomic E-state index is 12.5. The van der Waals surface area contributed by atoms with E-state index in [0.29, 0.717) is 19.5 Å². The van der Waals surface area contributed by atoms with E-state index in [9.17, 15) is 19.7 Å². The molecular formula is C15H22N6O4. The number of carbonyl (C=O) groups is 2. The van der Waals surface area contributed by atoms with E-state index in [2.05, 4.69) is 10.3 Å². The number of hydrogen-bond acceptors (Lipinski definition) is 6. The summed E-state index contributed by atoms with van der Waals surface area (Å²) in [7, 11) is 0. The summed E-state index contributed by atoms with van der Waals surface area (Å²) >= 11 is 0. The van der Waals surface area contributed by atoms with Crippen LogP contribution in [-0.2, 0) is 4.79 Å². The Kier molecular flexibility index (Phi) is 5.86. The monoisotopic (exact) mass is 350 g/mol. The molecule has 136 valence electrons. The summed E-state index contributed by atoms with van der Waals surface area (Å²) in [6.45, 7) is 4.65. The normalized spacial score (nSPS) is 16.4. The maximum Gasteiger partial charge on any atom is 0.341 e. The third kappa shape index (κ3) is 4.21. The number of nitrogens with zero attached hydrogens (tertiary/aromatic N) is 4. The molecule has 10 nitrogen and oxygen atoms in total. The lowest BCUT2D eigenvalue weighted by molar-refractivity contribution is -0.385. The zero-order chi connectivity index (χ0) is 18.6. The number of nitro groups is 1. The summed E-state index contributed by atoms with van der Waals surface area (Å²) in [6, 6.07) is 1.39. The minimum Gasteiger partial charge on any atom is -0.320 e.